The molecule has 1 aromatic rings. The van der Waals surface area contributed by atoms with Crippen LogP contribution < -0.4 is 4.74 Å². The summed E-state index contributed by atoms with van der Waals surface area (Å²) < 4.78 is 5.33. The maximum atomic E-state index is 11.7. The summed E-state index contributed by atoms with van der Waals surface area (Å²) in [6, 6.07) is 6.14. The highest BCUT2D eigenvalue weighted by molar-refractivity contribution is 5.86. The molecule has 0 saturated heterocycles. The number of rotatable bonds is 2. The van der Waals surface area contributed by atoms with Crippen molar-refractivity contribution in [2.24, 2.45) is 5.92 Å². The SMILES string of the molecule is CC(C)c1ccc2c(c1)OC(=O)C2C(C)C. The third-order valence-corrected chi connectivity index (χ3v) is 3.17. The van der Waals surface area contributed by atoms with E-state index in [1.165, 1.54) is 5.56 Å². The summed E-state index contributed by atoms with van der Waals surface area (Å²) in [6.07, 6.45) is 0. The van der Waals surface area contributed by atoms with Crippen LogP contribution in [-0.2, 0) is 4.79 Å². The third-order valence-electron chi connectivity index (χ3n) is 3.17. The van der Waals surface area contributed by atoms with Gasteiger partial charge in [0.1, 0.15) is 5.75 Å². The molecule has 0 saturated carbocycles. The third kappa shape index (κ3) is 1.73. The second-order valence-electron chi connectivity index (χ2n) is 5.09. The maximum absolute atomic E-state index is 11.7. The van der Waals surface area contributed by atoms with Crippen LogP contribution in [0.5, 0.6) is 5.75 Å². The Bertz CT molecular complexity index is 419. The van der Waals surface area contributed by atoms with Gasteiger partial charge in [-0.25, -0.2) is 0 Å². The Hall–Kier alpha value is -1.31. The number of hydrogen-bond acceptors (Lipinski definition) is 2. The van der Waals surface area contributed by atoms with E-state index in [0.717, 1.165) is 11.3 Å². The van der Waals surface area contributed by atoms with Crippen molar-refractivity contribution in [3.05, 3.63) is 29.3 Å². The molecule has 0 fully saturated rings. The van der Waals surface area contributed by atoms with E-state index in [-0.39, 0.29) is 11.9 Å². The lowest BCUT2D eigenvalue weighted by Crippen LogP contribution is -2.15. The summed E-state index contributed by atoms with van der Waals surface area (Å²) in [7, 11) is 0. The van der Waals surface area contributed by atoms with E-state index in [1.54, 1.807) is 0 Å². The van der Waals surface area contributed by atoms with Gasteiger partial charge in [-0.2, -0.15) is 0 Å². The highest BCUT2D eigenvalue weighted by Crippen LogP contribution is 2.40. The van der Waals surface area contributed by atoms with Gasteiger partial charge in [-0.05, 0) is 23.5 Å². The largest absolute Gasteiger partial charge is 0.426 e. The number of fused-ring (bicyclic) bond motifs is 1. The van der Waals surface area contributed by atoms with Crippen LogP contribution in [0.1, 0.15) is 50.7 Å². The zero-order valence-corrected chi connectivity index (χ0v) is 10.3. The van der Waals surface area contributed by atoms with Crippen LogP contribution in [0.15, 0.2) is 18.2 Å². The summed E-state index contributed by atoms with van der Waals surface area (Å²) >= 11 is 0. The van der Waals surface area contributed by atoms with Gasteiger partial charge >= 0.3 is 5.97 Å². The van der Waals surface area contributed by atoms with E-state index in [4.69, 9.17) is 4.74 Å². The van der Waals surface area contributed by atoms with E-state index in [0.29, 0.717) is 11.8 Å². The normalized spacial score (nSPS) is 19.1. The van der Waals surface area contributed by atoms with Gasteiger partial charge in [0.2, 0.25) is 0 Å². The Balaban J connectivity index is 2.42. The minimum absolute atomic E-state index is 0.0868. The lowest BCUT2D eigenvalue weighted by Gasteiger charge is -2.11. The van der Waals surface area contributed by atoms with Gasteiger partial charge in [-0.1, -0.05) is 39.8 Å². The van der Waals surface area contributed by atoms with E-state index in [9.17, 15) is 4.79 Å². The summed E-state index contributed by atoms with van der Waals surface area (Å²) in [4.78, 5) is 11.7. The van der Waals surface area contributed by atoms with Crippen LogP contribution in [0, 0.1) is 5.92 Å². The van der Waals surface area contributed by atoms with Crippen molar-refractivity contribution in [1.29, 1.82) is 0 Å². The molecule has 86 valence electrons. The van der Waals surface area contributed by atoms with Crippen molar-refractivity contribution < 1.29 is 9.53 Å². The first-order valence-corrected chi connectivity index (χ1v) is 5.86. The Morgan fingerprint density at radius 1 is 1.19 bits per heavy atom. The molecule has 0 radical (unpaired) electrons. The Kier molecular flexibility index (Phi) is 2.75. The van der Waals surface area contributed by atoms with Crippen molar-refractivity contribution in [1.82, 2.24) is 0 Å². The zero-order valence-electron chi connectivity index (χ0n) is 10.3. The molecule has 1 aliphatic rings. The van der Waals surface area contributed by atoms with Crippen LogP contribution in [0.25, 0.3) is 0 Å². The van der Waals surface area contributed by atoms with Crippen molar-refractivity contribution in [3.8, 4) is 5.75 Å². The monoisotopic (exact) mass is 218 g/mol. The first-order chi connectivity index (χ1) is 7.50. The molecule has 1 atom stereocenters. The number of ether oxygens (including phenoxy) is 1. The van der Waals surface area contributed by atoms with Crippen molar-refractivity contribution >= 4 is 5.97 Å². The Morgan fingerprint density at radius 3 is 2.44 bits per heavy atom. The second kappa shape index (κ2) is 3.93. The molecule has 1 aliphatic heterocycles. The molecule has 1 heterocycles. The minimum atomic E-state index is -0.106. The van der Waals surface area contributed by atoms with Crippen LogP contribution in [-0.4, -0.2) is 5.97 Å². The number of esters is 1. The van der Waals surface area contributed by atoms with Gasteiger partial charge in [0.15, 0.2) is 0 Å². The van der Waals surface area contributed by atoms with Crippen LogP contribution in [0.2, 0.25) is 0 Å². The zero-order chi connectivity index (χ0) is 11.9. The smallest absolute Gasteiger partial charge is 0.319 e. The van der Waals surface area contributed by atoms with Gasteiger partial charge in [-0.15, -0.1) is 0 Å². The molecule has 16 heavy (non-hydrogen) atoms. The van der Waals surface area contributed by atoms with Gasteiger partial charge in [0.25, 0.3) is 0 Å². The molecule has 1 aromatic carbocycles. The van der Waals surface area contributed by atoms with Gasteiger partial charge in [0.05, 0.1) is 5.92 Å². The fourth-order valence-corrected chi connectivity index (χ4v) is 2.19. The molecule has 0 amide bonds. The molecule has 0 N–H and O–H groups in total. The molecular formula is C14H18O2. The predicted molar refractivity (Wildman–Crippen MR) is 63.7 cm³/mol. The van der Waals surface area contributed by atoms with Crippen molar-refractivity contribution in [2.45, 2.75) is 39.5 Å². The quantitative estimate of drug-likeness (QED) is 0.561. The second-order valence-corrected chi connectivity index (χ2v) is 5.09. The first-order valence-electron chi connectivity index (χ1n) is 5.86. The van der Waals surface area contributed by atoms with E-state index < -0.39 is 0 Å². The summed E-state index contributed by atoms with van der Waals surface area (Å²) in [6.45, 7) is 8.38. The number of benzene rings is 1. The topological polar surface area (TPSA) is 26.3 Å². The number of carbonyl (C=O) groups is 1. The summed E-state index contributed by atoms with van der Waals surface area (Å²) in [5.41, 5.74) is 2.26. The highest BCUT2D eigenvalue weighted by atomic mass is 16.5. The first kappa shape index (κ1) is 11.2. The van der Waals surface area contributed by atoms with E-state index in [2.05, 4.69) is 33.8 Å². The van der Waals surface area contributed by atoms with E-state index in [1.807, 2.05) is 12.1 Å². The summed E-state index contributed by atoms with van der Waals surface area (Å²) in [5.74, 6) is 1.32. The van der Waals surface area contributed by atoms with Crippen LogP contribution in [0.4, 0.5) is 0 Å². The standard InChI is InChI=1S/C14H18O2/c1-8(2)10-5-6-11-12(7-10)16-14(15)13(11)9(3)4/h5-9,13H,1-4H3. The van der Waals surface area contributed by atoms with Crippen LogP contribution in [0.3, 0.4) is 0 Å². The fraction of sp³-hybridized carbons (Fsp3) is 0.500. The number of carbonyl (C=O) groups excluding carboxylic acids is 1. The van der Waals surface area contributed by atoms with Crippen LogP contribution >= 0.6 is 0 Å². The Morgan fingerprint density at radius 2 is 1.88 bits per heavy atom. The lowest BCUT2D eigenvalue weighted by molar-refractivity contribution is -0.134. The van der Waals surface area contributed by atoms with Gasteiger partial charge < -0.3 is 4.74 Å². The molecule has 0 spiro atoms. The molecule has 0 bridgehead atoms. The maximum Gasteiger partial charge on any atom is 0.319 e. The number of hydrogen-bond donors (Lipinski definition) is 0. The summed E-state index contributed by atoms with van der Waals surface area (Å²) in [5, 5.41) is 0. The van der Waals surface area contributed by atoms with Gasteiger partial charge in [0, 0.05) is 5.56 Å². The molecule has 1 unspecified atom stereocenters. The lowest BCUT2D eigenvalue weighted by atomic mass is 9.88. The highest BCUT2D eigenvalue weighted by Gasteiger charge is 2.35. The molecule has 2 heteroatoms. The Labute approximate surface area is 96.6 Å². The van der Waals surface area contributed by atoms with Crippen molar-refractivity contribution in [3.63, 3.8) is 0 Å². The molecular weight excluding hydrogens is 200 g/mol. The molecule has 0 aromatic heterocycles. The van der Waals surface area contributed by atoms with E-state index >= 15 is 0 Å². The average molecular weight is 218 g/mol. The van der Waals surface area contributed by atoms with Gasteiger partial charge in [-0.3, -0.25) is 4.79 Å². The predicted octanol–water partition coefficient (Wildman–Crippen LogP) is 3.47. The molecule has 0 aliphatic carbocycles. The average Bonchev–Trinajstić information content (AvgIpc) is 2.51. The molecule has 2 rings (SSSR count). The molecule has 2 nitrogen and oxygen atoms in total. The fourth-order valence-electron chi connectivity index (χ4n) is 2.19. The minimum Gasteiger partial charge on any atom is -0.426 e. The van der Waals surface area contributed by atoms with Crippen molar-refractivity contribution in [2.75, 3.05) is 0 Å².